The zero-order valence-electron chi connectivity index (χ0n) is 15.6. The highest BCUT2D eigenvalue weighted by molar-refractivity contribution is 5.97. The quantitative estimate of drug-likeness (QED) is 0.713. The van der Waals surface area contributed by atoms with Crippen LogP contribution in [0.5, 0.6) is 5.75 Å². The molecule has 27 heavy (non-hydrogen) atoms. The van der Waals surface area contributed by atoms with Crippen LogP contribution >= 0.6 is 0 Å². The summed E-state index contributed by atoms with van der Waals surface area (Å²) < 4.78 is 13.5. The van der Waals surface area contributed by atoms with Crippen LogP contribution in [0.2, 0.25) is 0 Å². The average molecular weight is 365 g/mol. The molecule has 1 aliphatic rings. The van der Waals surface area contributed by atoms with Crippen LogP contribution in [0.4, 0.5) is 0 Å². The molecule has 0 N–H and O–H groups in total. The summed E-state index contributed by atoms with van der Waals surface area (Å²) in [6.07, 6.45) is 3.98. The standard InChI is InChI=1S/C21H23N3O3/c1-15-6-5-9-23-13-17(22-20(15)23)14-27-19-8-4-3-7-18(19)21(25)24-10-11-26-16(2)12-24/h3-9,13,16H,10-12,14H2,1-2H3. The van der Waals surface area contributed by atoms with Crippen LogP contribution in [0.3, 0.4) is 0 Å². The van der Waals surface area contributed by atoms with Crippen LogP contribution in [0.15, 0.2) is 48.8 Å². The number of nitrogens with zero attached hydrogens (tertiary/aromatic N) is 3. The lowest BCUT2D eigenvalue weighted by molar-refractivity contribution is -0.0125. The molecule has 140 valence electrons. The van der Waals surface area contributed by atoms with Crippen molar-refractivity contribution in [1.29, 1.82) is 0 Å². The fourth-order valence-electron chi connectivity index (χ4n) is 3.37. The van der Waals surface area contributed by atoms with Gasteiger partial charge < -0.3 is 18.8 Å². The summed E-state index contributed by atoms with van der Waals surface area (Å²) in [7, 11) is 0. The molecule has 0 radical (unpaired) electrons. The van der Waals surface area contributed by atoms with E-state index in [1.807, 2.05) is 71.9 Å². The molecule has 3 aromatic rings. The van der Waals surface area contributed by atoms with Crippen molar-refractivity contribution in [1.82, 2.24) is 14.3 Å². The highest BCUT2D eigenvalue weighted by Crippen LogP contribution is 2.22. The third-order valence-corrected chi connectivity index (χ3v) is 4.75. The maximum Gasteiger partial charge on any atom is 0.257 e. The molecule has 1 atom stereocenters. The number of amides is 1. The molecule has 1 aromatic carbocycles. The Kier molecular flexibility index (Phi) is 4.81. The second kappa shape index (κ2) is 7.40. The first-order chi connectivity index (χ1) is 13.1. The Morgan fingerprint density at radius 1 is 1.30 bits per heavy atom. The number of aromatic nitrogens is 2. The molecule has 2 aromatic heterocycles. The number of rotatable bonds is 4. The third-order valence-electron chi connectivity index (χ3n) is 4.75. The van der Waals surface area contributed by atoms with Gasteiger partial charge in [-0.05, 0) is 37.6 Å². The molecule has 1 saturated heterocycles. The first-order valence-corrected chi connectivity index (χ1v) is 9.18. The Morgan fingerprint density at radius 3 is 2.96 bits per heavy atom. The van der Waals surface area contributed by atoms with E-state index in [0.717, 1.165) is 16.9 Å². The van der Waals surface area contributed by atoms with E-state index in [-0.39, 0.29) is 12.0 Å². The predicted molar refractivity (Wildman–Crippen MR) is 102 cm³/mol. The van der Waals surface area contributed by atoms with Crippen LogP contribution in [0.25, 0.3) is 5.65 Å². The highest BCUT2D eigenvalue weighted by Gasteiger charge is 2.24. The van der Waals surface area contributed by atoms with Gasteiger partial charge in [0.15, 0.2) is 0 Å². The van der Waals surface area contributed by atoms with Gasteiger partial charge in [0.05, 0.1) is 24.0 Å². The topological polar surface area (TPSA) is 56.1 Å². The predicted octanol–water partition coefficient (Wildman–Crippen LogP) is 3.08. The Hall–Kier alpha value is -2.86. The van der Waals surface area contributed by atoms with Gasteiger partial charge in [0.25, 0.3) is 5.91 Å². The molecule has 6 nitrogen and oxygen atoms in total. The number of fused-ring (bicyclic) bond motifs is 1. The first kappa shape index (κ1) is 17.5. The number of imidazole rings is 1. The van der Waals surface area contributed by atoms with Crippen LogP contribution in [0, 0.1) is 6.92 Å². The van der Waals surface area contributed by atoms with Crippen molar-refractivity contribution in [3.05, 3.63) is 65.6 Å². The summed E-state index contributed by atoms with van der Waals surface area (Å²) in [5, 5.41) is 0. The number of ether oxygens (including phenoxy) is 2. The largest absolute Gasteiger partial charge is 0.486 e. The van der Waals surface area contributed by atoms with Crippen molar-refractivity contribution in [2.75, 3.05) is 19.7 Å². The number of pyridine rings is 1. The van der Waals surface area contributed by atoms with Crippen LogP contribution in [-0.4, -0.2) is 46.0 Å². The molecular formula is C21H23N3O3. The molecule has 1 unspecified atom stereocenters. The minimum atomic E-state index is -0.0217. The van der Waals surface area contributed by atoms with Gasteiger partial charge >= 0.3 is 0 Å². The van der Waals surface area contributed by atoms with E-state index in [1.54, 1.807) is 0 Å². The maximum atomic E-state index is 12.9. The lowest BCUT2D eigenvalue weighted by Crippen LogP contribution is -2.44. The molecular weight excluding hydrogens is 342 g/mol. The molecule has 0 aliphatic carbocycles. The fraction of sp³-hybridized carbons (Fsp3) is 0.333. The van der Waals surface area contributed by atoms with E-state index in [2.05, 4.69) is 4.98 Å². The number of morpholine rings is 1. The Labute approximate surface area is 158 Å². The van der Waals surface area contributed by atoms with Crippen LogP contribution in [0.1, 0.15) is 28.5 Å². The van der Waals surface area contributed by atoms with Crippen molar-refractivity contribution in [2.24, 2.45) is 0 Å². The summed E-state index contributed by atoms with van der Waals surface area (Å²) in [5.74, 6) is 0.557. The smallest absolute Gasteiger partial charge is 0.257 e. The van der Waals surface area contributed by atoms with E-state index in [1.165, 1.54) is 0 Å². The lowest BCUT2D eigenvalue weighted by Gasteiger charge is -2.31. The fourth-order valence-corrected chi connectivity index (χ4v) is 3.37. The second-order valence-corrected chi connectivity index (χ2v) is 6.87. The molecule has 4 rings (SSSR count). The van der Waals surface area contributed by atoms with Crippen molar-refractivity contribution < 1.29 is 14.3 Å². The normalized spacial score (nSPS) is 17.3. The van der Waals surface area contributed by atoms with Gasteiger partial charge in [-0.2, -0.15) is 0 Å². The van der Waals surface area contributed by atoms with Crippen LogP contribution < -0.4 is 4.74 Å². The summed E-state index contributed by atoms with van der Waals surface area (Å²) in [5.41, 5.74) is 3.43. The average Bonchev–Trinajstić information content (AvgIpc) is 3.11. The lowest BCUT2D eigenvalue weighted by atomic mass is 10.1. The first-order valence-electron chi connectivity index (χ1n) is 9.18. The van der Waals surface area contributed by atoms with E-state index in [0.29, 0.717) is 37.6 Å². The van der Waals surface area contributed by atoms with Gasteiger partial charge in [-0.3, -0.25) is 4.79 Å². The molecule has 0 saturated carbocycles. The van der Waals surface area contributed by atoms with Crippen LogP contribution in [-0.2, 0) is 11.3 Å². The van der Waals surface area contributed by atoms with Gasteiger partial charge in [-0.25, -0.2) is 4.98 Å². The number of para-hydroxylation sites is 1. The van der Waals surface area contributed by atoms with E-state index in [4.69, 9.17) is 9.47 Å². The number of benzene rings is 1. The third kappa shape index (κ3) is 3.66. The SMILES string of the molecule is Cc1cccn2cc(COc3ccccc3C(=O)N3CCOC(C)C3)nc12. The number of hydrogen-bond acceptors (Lipinski definition) is 4. The van der Waals surface area contributed by atoms with Gasteiger partial charge in [0.1, 0.15) is 18.0 Å². The van der Waals surface area contributed by atoms with Gasteiger partial charge in [-0.15, -0.1) is 0 Å². The highest BCUT2D eigenvalue weighted by atomic mass is 16.5. The van der Waals surface area contributed by atoms with Crippen molar-refractivity contribution in [2.45, 2.75) is 26.6 Å². The Balaban J connectivity index is 1.52. The van der Waals surface area contributed by atoms with E-state index >= 15 is 0 Å². The monoisotopic (exact) mass is 365 g/mol. The molecule has 1 amide bonds. The summed E-state index contributed by atoms with van der Waals surface area (Å²) in [4.78, 5) is 19.4. The van der Waals surface area contributed by atoms with Gasteiger partial charge in [0, 0.05) is 25.5 Å². The number of aryl methyl sites for hydroxylation is 1. The van der Waals surface area contributed by atoms with Gasteiger partial charge in [0.2, 0.25) is 0 Å². The van der Waals surface area contributed by atoms with E-state index < -0.39 is 0 Å². The molecule has 3 heterocycles. The minimum absolute atomic E-state index is 0.0217. The van der Waals surface area contributed by atoms with E-state index in [9.17, 15) is 4.79 Å². The number of carbonyl (C=O) groups is 1. The van der Waals surface area contributed by atoms with Gasteiger partial charge in [-0.1, -0.05) is 18.2 Å². The maximum absolute atomic E-state index is 12.9. The molecule has 0 spiro atoms. The second-order valence-electron chi connectivity index (χ2n) is 6.87. The zero-order valence-corrected chi connectivity index (χ0v) is 15.6. The Morgan fingerprint density at radius 2 is 2.15 bits per heavy atom. The molecule has 1 aliphatic heterocycles. The molecule has 6 heteroatoms. The van der Waals surface area contributed by atoms with Crippen molar-refractivity contribution in [3.8, 4) is 5.75 Å². The zero-order chi connectivity index (χ0) is 18.8. The summed E-state index contributed by atoms with van der Waals surface area (Å²) in [6, 6.07) is 11.4. The summed E-state index contributed by atoms with van der Waals surface area (Å²) >= 11 is 0. The minimum Gasteiger partial charge on any atom is -0.486 e. The molecule has 1 fully saturated rings. The number of hydrogen-bond donors (Lipinski definition) is 0. The molecule has 0 bridgehead atoms. The number of carbonyl (C=O) groups excluding carboxylic acids is 1. The van der Waals surface area contributed by atoms with Crippen molar-refractivity contribution >= 4 is 11.6 Å². The van der Waals surface area contributed by atoms with Crippen molar-refractivity contribution in [3.63, 3.8) is 0 Å². The summed E-state index contributed by atoms with van der Waals surface area (Å²) in [6.45, 7) is 6.08. The Bertz CT molecular complexity index is 966.